The number of anilines is 1. The standard InChI is InChI=1S/C32H42FN5O3S/c33-28-17-26(18-29-31(28)32(39)36-30(35-29)21-42-27-9-15-40-16-10-27)41-20-23-5-13-38(14-6-23)25-7-11-37(12-8-25)19-22-1-3-24(34)4-2-22/h1-4,17-18,23,25,27H,5-16,19-21,34H2,(H,35,36,39). The van der Waals surface area contributed by atoms with Gasteiger partial charge in [0, 0.05) is 48.9 Å². The predicted octanol–water partition coefficient (Wildman–Crippen LogP) is 4.81. The minimum atomic E-state index is -0.586. The molecule has 3 aliphatic rings. The van der Waals surface area contributed by atoms with Crippen LogP contribution in [0.4, 0.5) is 10.1 Å². The average molecular weight is 596 g/mol. The minimum absolute atomic E-state index is 0.00464. The summed E-state index contributed by atoms with van der Waals surface area (Å²) in [5.74, 6) is 1.45. The second kappa shape index (κ2) is 13.8. The fourth-order valence-electron chi connectivity index (χ4n) is 6.46. The molecule has 3 saturated heterocycles. The summed E-state index contributed by atoms with van der Waals surface area (Å²) in [6.07, 6.45) is 6.56. The van der Waals surface area contributed by atoms with Crippen LogP contribution in [0.3, 0.4) is 0 Å². The van der Waals surface area contributed by atoms with Gasteiger partial charge in [-0.25, -0.2) is 9.37 Å². The number of benzene rings is 2. The predicted molar refractivity (Wildman–Crippen MR) is 166 cm³/mol. The van der Waals surface area contributed by atoms with E-state index in [9.17, 15) is 9.18 Å². The summed E-state index contributed by atoms with van der Waals surface area (Å²) >= 11 is 1.77. The highest BCUT2D eigenvalue weighted by Crippen LogP contribution is 2.28. The van der Waals surface area contributed by atoms with Gasteiger partial charge in [0.05, 0.1) is 17.9 Å². The van der Waals surface area contributed by atoms with Gasteiger partial charge in [0.25, 0.3) is 5.56 Å². The van der Waals surface area contributed by atoms with E-state index in [1.54, 1.807) is 17.8 Å². The zero-order valence-electron chi connectivity index (χ0n) is 24.2. The molecule has 0 amide bonds. The number of rotatable bonds is 9. The number of aromatic amines is 1. The van der Waals surface area contributed by atoms with Crippen molar-refractivity contribution < 1.29 is 13.9 Å². The zero-order chi connectivity index (χ0) is 28.9. The Balaban J connectivity index is 0.972. The van der Waals surface area contributed by atoms with Crippen LogP contribution < -0.4 is 16.0 Å². The molecule has 0 unspecified atom stereocenters. The number of nitrogens with two attached hydrogens (primary N) is 1. The molecule has 8 nitrogen and oxygen atoms in total. The minimum Gasteiger partial charge on any atom is -0.493 e. The van der Waals surface area contributed by atoms with E-state index >= 15 is 0 Å². The zero-order valence-corrected chi connectivity index (χ0v) is 25.0. The first kappa shape index (κ1) is 29.4. The SMILES string of the molecule is Nc1ccc(CN2CCC(N3CCC(COc4cc(F)c5c(=O)[nH]c(CSC6CCOCC6)nc5c4)CC3)CC2)cc1. The number of aromatic nitrogens is 2. The maximum atomic E-state index is 14.9. The van der Waals surface area contributed by atoms with Crippen molar-refractivity contribution in [1.29, 1.82) is 0 Å². The first-order valence-electron chi connectivity index (χ1n) is 15.4. The number of piperidine rings is 2. The van der Waals surface area contributed by atoms with Crippen molar-refractivity contribution in [2.45, 2.75) is 62.1 Å². The van der Waals surface area contributed by atoms with Gasteiger partial charge in [-0.15, -0.1) is 0 Å². The first-order valence-corrected chi connectivity index (χ1v) is 16.4. The van der Waals surface area contributed by atoms with Gasteiger partial charge in [0.2, 0.25) is 0 Å². The third-order valence-electron chi connectivity index (χ3n) is 9.00. The Morgan fingerprint density at radius 1 is 1.02 bits per heavy atom. The molecule has 0 atom stereocenters. The van der Waals surface area contributed by atoms with Crippen LogP contribution in [0, 0.1) is 11.7 Å². The molecule has 0 aliphatic carbocycles. The van der Waals surface area contributed by atoms with Gasteiger partial charge in [-0.1, -0.05) is 12.1 Å². The van der Waals surface area contributed by atoms with Crippen molar-refractivity contribution in [3.63, 3.8) is 0 Å². The van der Waals surface area contributed by atoms with Crippen molar-refractivity contribution in [1.82, 2.24) is 19.8 Å². The Hall–Kier alpha value is -2.66. The van der Waals surface area contributed by atoms with Gasteiger partial charge in [-0.2, -0.15) is 11.8 Å². The number of likely N-dealkylation sites (tertiary alicyclic amines) is 2. The van der Waals surface area contributed by atoms with E-state index < -0.39 is 11.4 Å². The largest absolute Gasteiger partial charge is 0.493 e. The molecule has 3 aliphatic heterocycles. The third-order valence-corrected chi connectivity index (χ3v) is 10.4. The van der Waals surface area contributed by atoms with Crippen LogP contribution in [-0.2, 0) is 17.0 Å². The molecule has 3 N–H and O–H groups in total. The van der Waals surface area contributed by atoms with E-state index in [-0.39, 0.29) is 5.39 Å². The van der Waals surface area contributed by atoms with Crippen molar-refractivity contribution in [3.05, 3.63) is 64.0 Å². The van der Waals surface area contributed by atoms with E-state index in [0.717, 1.165) is 77.3 Å². The lowest BCUT2D eigenvalue weighted by Crippen LogP contribution is -2.48. The molecule has 0 radical (unpaired) electrons. The number of hydrogen-bond donors (Lipinski definition) is 2. The number of hydrogen-bond acceptors (Lipinski definition) is 8. The van der Waals surface area contributed by atoms with Gasteiger partial charge in [0.15, 0.2) is 0 Å². The van der Waals surface area contributed by atoms with Crippen molar-refractivity contribution >= 4 is 28.4 Å². The molecule has 3 fully saturated rings. The summed E-state index contributed by atoms with van der Waals surface area (Å²) in [6.45, 7) is 7.49. The topological polar surface area (TPSA) is 96.7 Å². The van der Waals surface area contributed by atoms with E-state index in [4.69, 9.17) is 15.2 Å². The van der Waals surface area contributed by atoms with Gasteiger partial charge in [-0.3, -0.25) is 9.69 Å². The summed E-state index contributed by atoms with van der Waals surface area (Å²) in [5.41, 5.74) is 7.88. The molecule has 42 heavy (non-hydrogen) atoms. The number of fused-ring (bicyclic) bond motifs is 1. The highest BCUT2D eigenvalue weighted by Gasteiger charge is 2.28. The summed E-state index contributed by atoms with van der Waals surface area (Å²) in [7, 11) is 0. The second-order valence-corrected chi connectivity index (χ2v) is 13.3. The highest BCUT2D eigenvalue weighted by atomic mass is 32.2. The normalized spacial score (nSPS) is 20.3. The number of nitrogens with one attached hydrogen (secondary N) is 1. The van der Waals surface area contributed by atoms with Gasteiger partial charge in [0.1, 0.15) is 22.8 Å². The summed E-state index contributed by atoms with van der Waals surface area (Å²) in [6, 6.07) is 11.9. The van der Waals surface area contributed by atoms with E-state index in [1.165, 1.54) is 24.5 Å². The van der Waals surface area contributed by atoms with Gasteiger partial charge >= 0.3 is 0 Å². The third kappa shape index (κ3) is 7.45. The Bertz CT molecular complexity index is 1380. The molecule has 0 saturated carbocycles. The fourth-order valence-corrected chi connectivity index (χ4v) is 7.52. The number of H-pyrrole nitrogens is 1. The number of nitrogens with zero attached hydrogens (tertiary/aromatic N) is 3. The second-order valence-electron chi connectivity index (χ2n) is 12.0. The van der Waals surface area contributed by atoms with Gasteiger partial charge < -0.3 is 25.1 Å². The maximum Gasteiger partial charge on any atom is 0.261 e. The Morgan fingerprint density at radius 3 is 2.50 bits per heavy atom. The van der Waals surface area contributed by atoms with Crippen LogP contribution >= 0.6 is 11.8 Å². The van der Waals surface area contributed by atoms with Crippen molar-refractivity contribution in [2.75, 3.05) is 51.7 Å². The lowest BCUT2D eigenvalue weighted by atomic mass is 9.94. The molecule has 4 heterocycles. The van der Waals surface area contributed by atoms with Crippen molar-refractivity contribution in [2.24, 2.45) is 5.92 Å². The highest BCUT2D eigenvalue weighted by molar-refractivity contribution is 7.99. The number of halogens is 1. The van der Waals surface area contributed by atoms with Crippen LogP contribution in [0.2, 0.25) is 0 Å². The lowest BCUT2D eigenvalue weighted by molar-refractivity contribution is 0.0649. The van der Waals surface area contributed by atoms with E-state index in [0.29, 0.717) is 46.7 Å². The molecule has 0 spiro atoms. The monoisotopic (exact) mass is 595 g/mol. The van der Waals surface area contributed by atoms with Crippen LogP contribution in [-0.4, -0.2) is 77.1 Å². The van der Waals surface area contributed by atoms with Gasteiger partial charge in [-0.05, 0) is 88.3 Å². The van der Waals surface area contributed by atoms with E-state index in [1.807, 2.05) is 12.1 Å². The van der Waals surface area contributed by atoms with Crippen LogP contribution in [0.1, 0.15) is 49.9 Å². The molecule has 0 bridgehead atoms. The van der Waals surface area contributed by atoms with Crippen LogP contribution in [0.15, 0.2) is 41.2 Å². The van der Waals surface area contributed by atoms with Crippen LogP contribution in [0.5, 0.6) is 5.75 Å². The Kier molecular flexibility index (Phi) is 9.63. The molecule has 3 aromatic rings. The molecule has 1 aromatic heterocycles. The Morgan fingerprint density at radius 2 is 1.76 bits per heavy atom. The maximum absolute atomic E-state index is 14.9. The summed E-state index contributed by atoms with van der Waals surface area (Å²) < 4.78 is 26.4. The molecular formula is C32H42FN5O3S. The number of nitrogen functional groups attached to an aromatic ring is 1. The molecule has 6 rings (SSSR count). The number of thioether (sulfide) groups is 1. The Labute approximate surface area is 251 Å². The smallest absolute Gasteiger partial charge is 0.261 e. The molecule has 2 aromatic carbocycles. The molecular weight excluding hydrogens is 553 g/mol. The number of ether oxygens (including phenoxy) is 2. The molecule has 226 valence electrons. The summed E-state index contributed by atoms with van der Waals surface area (Å²) in [4.78, 5) is 25.2. The lowest BCUT2D eigenvalue weighted by Gasteiger charge is -2.41. The quantitative estimate of drug-likeness (QED) is 0.340. The van der Waals surface area contributed by atoms with E-state index in [2.05, 4.69) is 31.9 Å². The first-order chi connectivity index (χ1) is 20.5. The molecule has 10 heteroatoms. The van der Waals surface area contributed by atoms with Crippen LogP contribution in [0.25, 0.3) is 10.9 Å². The van der Waals surface area contributed by atoms with Crippen molar-refractivity contribution in [3.8, 4) is 5.75 Å². The fraction of sp³-hybridized carbons (Fsp3) is 0.562. The summed E-state index contributed by atoms with van der Waals surface area (Å²) in [5, 5.41) is 0.487. The average Bonchev–Trinajstić information content (AvgIpc) is 3.01.